The second kappa shape index (κ2) is 6.27. The first-order valence-electron chi connectivity index (χ1n) is 6.68. The normalized spacial score (nSPS) is 23.2. The lowest BCUT2D eigenvalue weighted by atomic mass is 9.93. The lowest BCUT2D eigenvalue weighted by Crippen LogP contribution is -2.44. The molecule has 0 spiro atoms. The second-order valence-corrected chi connectivity index (χ2v) is 6.66. The molecular weight excluding hydrogens is 326 g/mol. The standard InChI is InChI=1S/C15H19BrClNO/c1-10-9-11(7-8-12(10)16)15(19)18(2)14-6-4-3-5-13(14)17/h7-9,13-14H,3-6H2,1-2H3. The summed E-state index contributed by atoms with van der Waals surface area (Å²) in [7, 11) is 1.87. The summed E-state index contributed by atoms with van der Waals surface area (Å²) in [5.74, 6) is 0.0631. The Labute approximate surface area is 128 Å². The number of alkyl halides is 1. The molecule has 2 rings (SSSR count). The molecule has 19 heavy (non-hydrogen) atoms. The van der Waals surface area contributed by atoms with Gasteiger partial charge in [0.2, 0.25) is 0 Å². The van der Waals surface area contributed by atoms with E-state index in [9.17, 15) is 4.79 Å². The highest BCUT2D eigenvalue weighted by Crippen LogP contribution is 2.28. The Morgan fingerprint density at radius 1 is 1.37 bits per heavy atom. The number of amides is 1. The van der Waals surface area contributed by atoms with Crippen molar-refractivity contribution in [1.82, 2.24) is 4.90 Å². The van der Waals surface area contributed by atoms with Crippen LogP contribution < -0.4 is 0 Å². The van der Waals surface area contributed by atoms with Gasteiger partial charge >= 0.3 is 0 Å². The molecule has 4 heteroatoms. The maximum atomic E-state index is 12.5. The molecule has 1 saturated carbocycles. The molecule has 0 bridgehead atoms. The molecule has 0 heterocycles. The molecule has 1 aliphatic rings. The Balaban J connectivity index is 2.15. The van der Waals surface area contributed by atoms with Gasteiger partial charge in [0.15, 0.2) is 0 Å². The van der Waals surface area contributed by atoms with Gasteiger partial charge in [-0.25, -0.2) is 0 Å². The average molecular weight is 345 g/mol. The van der Waals surface area contributed by atoms with Crippen LogP contribution in [0.2, 0.25) is 0 Å². The number of carbonyl (C=O) groups is 1. The fourth-order valence-corrected chi connectivity index (χ4v) is 3.33. The van der Waals surface area contributed by atoms with E-state index in [0.717, 1.165) is 34.9 Å². The van der Waals surface area contributed by atoms with E-state index in [1.807, 2.05) is 37.1 Å². The van der Waals surface area contributed by atoms with Crippen molar-refractivity contribution in [3.05, 3.63) is 33.8 Å². The predicted octanol–water partition coefficient (Wildman–Crippen LogP) is 4.38. The highest BCUT2D eigenvalue weighted by atomic mass is 79.9. The van der Waals surface area contributed by atoms with Crippen molar-refractivity contribution >= 4 is 33.4 Å². The van der Waals surface area contributed by atoms with Crippen LogP contribution in [0.1, 0.15) is 41.6 Å². The van der Waals surface area contributed by atoms with Gasteiger partial charge in [0.05, 0.1) is 5.38 Å². The minimum atomic E-state index is 0.0631. The zero-order valence-electron chi connectivity index (χ0n) is 11.3. The van der Waals surface area contributed by atoms with E-state index in [1.165, 1.54) is 6.42 Å². The number of aryl methyl sites for hydroxylation is 1. The Bertz CT molecular complexity index is 477. The number of rotatable bonds is 2. The van der Waals surface area contributed by atoms with Gasteiger partial charge in [-0.15, -0.1) is 11.6 Å². The van der Waals surface area contributed by atoms with E-state index in [4.69, 9.17) is 11.6 Å². The SMILES string of the molecule is Cc1cc(C(=O)N(C)C2CCCCC2Cl)ccc1Br. The zero-order valence-corrected chi connectivity index (χ0v) is 13.7. The molecule has 0 aliphatic heterocycles. The van der Waals surface area contributed by atoms with Gasteiger partial charge in [-0.3, -0.25) is 4.79 Å². The zero-order chi connectivity index (χ0) is 14.0. The Hall–Kier alpha value is -0.540. The summed E-state index contributed by atoms with van der Waals surface area (Å²) in [5.41, 5.74) is 1.81. The van der Waals surface area contributed by atoms with Gasteiger partial charge in [-0.2, -0.15) is 0 Å². The largest absolute Gasteiger partial charge is 0.337 e. The average Bonchev–Trinajstić information content (AvgIpc) is 2.41. The summed E-state index contributed by atoms with van der Waals surface area (Å²) in [4.78, 5) is 14.3. The van der Waals surface area contributed by atoms with Gasteiger partial charge in [-0.05, 0) is 43.5 Å². The van der Waals surface area contributed by atoms with Crippen LogP contribution in [0.25, 0.3) is 0 Å². The molecule has 0 N–H and O–H groups in total. The first-order valence-corrected chi connectivity index (χ1v) is 7.91. The monoisotopic (exact) mass is 343 g/mol. The van der Waals surface area contributed by atoms with E-state index in [-0.39, 0.29) is 17.3 Å². The van der Waals surface area contributed by atoms with E-state index in [2.05, 4.69) is 15.9 Å². The number of nitrogens with zero attached hydrogens (tertiary/aromatic N) is 1. The fraction of sp³-hybridized carbons (Fsp3) is 0.533. The molecule has 0 aromatic heterocycles. The van der Waals surface area contributed by atoms with Crippen molar-refractivity contribution in [3.8, 4) is 0 Å². The van der Waals surface area contributed by atoms with Crippen molar-refractivity contribution in [2.45, 2.75) is 44.0 Å². The lowest BCUT2D eigenvalue weighted by molar-refractivity contribution is 0.0700. The number of hydrogen-bond acceptors (Lipinski definition) is 1. The van der Waals surface area contributed by atoms with Crippen molar-refractivity contribution in [2.75, 3.05) is 7.05 Å². The molecule has 1 fully saturated rings. The Kier molecular flexibility index (Phi) is 4.91. The van der Waals surface area contributed by atoms with Crippen molar-refractivity contribution < 1.29 is 4.79 Å². The van der Waals surface area contributed by atoms with Crippen LogP contribution in [-0.4, -0.2) is 29.3 Å². The summed E-state index contributed by atoms with van der Waals surface area (Å²) in [5, 5.41) is 0.0826. The fourth-order valence-electron chi connectivity index (χ4n) is 2.63. The Morgan fingerprint density at radius 2 is 2.05 bits per heavy atom. The number of halogens is 2. The number of carbonyl (C=O) groups excluding carboxylic acids is 1. The first-order chi connectivity index (χ1) is 9.00. The topological polar surface area (TPSA) is 20.3 Å². The molecule has 2 atom stereocenters. The summed E-state index contributed by atoms with van der Waals surface area (Å²) < 4.78 is 1.03. The van der Waals surface area contributed by atoms with Crippen LogP contribution in [0.3, 0.4) is 0 Å². The van der Waals surface area contributed by atoms with Gasteiger partial charge < -0.3 is 4.90 Å². The van der Waals surface area contributed by atoms with Crippen LogP contribution in [0.5, 0.6) is 0 Å². The minimum Gasteiger partial charge on any atom is -0.337 e. The van der Waals surface area contributed by atoms with E-state index >= 15 is 0 Å². The van der Waals surface area contributed by atoms with Crippen LogP contribution >= 0.6 is 27.5 Å². The summed E-state index contributed by atoms with van der Waals surface area (Å²) in [6, 6.07) is 5.87. The number of hydrogen-bond donors (Lipinski definition) is 0. The molecule has 0 radical (unpaired) electrons. The summed E-state index contributed by atoms with van der Waals surface area (Å²) in [6.07, 6.45) is 4.34. The molecule has 104 valence electrons. The Morgan fingerprint density at radius 3 is 2.68 bits per heavy atom. The molecule has 2 unspecified atom stereocenters. The molecule has 1 amide bonds. The highest BCUT2D eigenvalue weighted by Gasteiger charge is 2.29. The van der Waals surface area contributed by atoms with Crippen LogP contribution in [0, 0.1) is 6.92 Å². The van der Waals surface area contributed by atoms with Gasteiger partial charge in [0.1, 0.15) is 0 Å². The van der Waals surface area contributed by atoms with E-state index in [1.54, 1.807) is 0 Å². The van der Waals surface area contributed by atoms with Crippen LogP contribution in [0.15, 0.2) is 22.7 Å². The van der Waals surface area contributed by atoms with Gasteiger partial charge in [0, 0.05) is 23.1 Å². The molecular formula is C15H19BrClNO. The predicted molar refractivity (Wildman–Crippen MR) is 82.9 cm³/mol. The maximum absolute atomic E-state index is 12.5. The third-order valence-corrected chi connectivity index (χ3v) is 5.27. The summed E-state index contributed by atoms with van der Waals surface area (Å²) >= 11 is 9.82. The minimum absolute atomic E-state index is 0.0631. The third kappa shape index (κ3) is 3.32. The molecule has 2 nitrogen and oxygen atoms in total. The smallest absolute Gasteiger partial charge is 0.253 e. The molecule has 1 aromatic rings. The number of benzene rings is 1. The molecule has 0 saturated heterocycles. The quantitative estimate of drug-likeness (QED) is 0.729. The molecule has 1 aromatic carbocycles. The van der Waals surface area contributed by atoms with Crippen molar-refractivity contribution in [1.29, 1.82) is 0 Å². The van der Waals surface area contributed by atoms with E-state index in [0.29, 0.717) is 0 Å². The molecule has 1 aliphatic carbocycles. The summed E-state index contributed by atoms with van der Waals surface area (Å²) in [6.45, 7) is 1.99. The van der Waals surface area contributed by atoms with Gasteiger partial charge in [0.25, 0.3) is 5.91 Å². The van der Waals surface area contributed by atoms with Crippen molar-refractivity contribution in [2.24, 2.45) is 0 Å². The maximum Gasteiger partial charge on any atom is 0.253 e. The first kappa shape index (κ1) is 14.9. The van der Waals surface area contributed by atoms with Gasteiger partial charge in [-0.1, -0.05) is 28.8 Å². The lowest BCUT2D eigenvalue weighted by Gasteiger charge is -2.35. The van der Waals surface area contributed by atoms with Crippen LogP contribution in [-0.2, 0) is 0 Å². The van der Waals surface area contributed by atoms with E-state index < -0.39 is 0 Å². The van der Waals surface area contributed by atoms with Crippen LogP contribution in [0.4, 0.5) is 0 Å². The highest BCUT2D eigenvalue weighted by molar-refractivity contribution is 9.10. The van der Waals surface area contributed by atoms with Crippen molar-refractivity contribution in [3.63, 3.8) is 0 Å². The third-order valence-electron chi connectivity index (χ3n) is 3.87. The second-order valence-electron chi connectivity index (χ2n) is 5.25.